The van der Waals surface area contributed by atoms with E-state index in [1.807, 2.05) is 0 Å². The predicted octanol–water partition coefficient (Wildman–Crippen LogP) is 4.54. The lowest BCUT2D eigenvalue weighted by atomic mass is 10.1. The number of rotatable bonds is 14. The topological polar surface area (TPSA) is 186 Å². The fraction of sp³-hybridized carbons (Fsp3) is 0.333. The van der Waals surface area contributed by atoms with Crippen LogP contribution < -0.4 is 30.3 Å². The largest absolute Gasteiger partial charge is 0.496 e. The molecule has 14 nitrogen and oxygen atoms in total. The van der Waals surface area contributed by atoms with Gasteiger partial charge in [-0.25, -0.2) is 14.4 Å². The van der Waals surface area contributed by atoms with Gasteiger partial charge in [-0.15, -0.1) is 0 Å². The molecule has 1 aliphatic rings. The first-order chi connectivity index (χ1) is 20.5. The monoisotopic (exact) mass is 635 g/mol. The van der Waals surface area contributed by atoms with Crippen molar-refractivity contribution in [3.63, 3.8) is 0 Å². The summed E-state index contributed by atoms with van der Waals surface area (Å²) < 4.78 is 35.1. The summed E-state index contributed by atoms with van der Waals surface area (Å²) in [6, 6.07) is 7.79. The first-order valence-electron chi connectivity index (χ1n) is 13.1. The van der Waals surface area contributed by atoms with Crippen LogP contribution in [0.1, 0.15) is 30.1 Å². The van der Waals surface area contributed by atoms with Crippen molar-refractivity contribution in [3.05, 3.63) is 53.2 Å². The van der Waals surface area contributed by atoms with Crippen molar-refractivity contribution in [2.45, 2.75) is 31.8 Å². The van der Waals surface area contributed by atoms with Gasteiger partial charge in [0, 0.05) is 36.9 Å². The van der Waals surface area contributed by atoms with Crippen LogP contribution in [0.15, 0.2) is 42.6 Å². The van der Waals surface area contributed by atoms with Crippen LogP contribution in [-0.4, -0.2) is 67.5 Å². The van der Waals surface area contributed by atoms with Crippen molar-refractivity contribution in [1.29, 1.82) is 0 Å². The Kier molecular flexibility index (Phi) is 10.4. The Bertz CT molecular complexity index is 1570. The molecule has 0 radical (unpaired) electrons. The molecule has 4 rings (SSSR count). The van der Waals surface area contributed by atoms with Gasteiger partial charge >= 0.3 is 19.7 Å². The van der Waals surface area contributed by atoms with Crippen LogP contribution in [0, 0.1) is 0 Å². The molecule has 1 fully saturated rings. The number of hydrogen-bond acceptors (Lipinski definition) is 9. The van der Waals surface area contributed by atoms with Gasteiger partial charge in [0.05, 0.1) is 42.1 Å². The highest BCUT2D eigenvalue weighted by Gasteiger charge is 2.32. The summed E-state index contributed by atoms with van der Waals surface area (Å²) >= 11 is 6.39. The number of aromatic nitrogens is 1. The number of carbonyl (C=O) groups excluding carboxylic acids is 2. The summed E-state index contributed by atoms with van der Waals surface area (Å²) in [5.74, 6) is -1.42. The second-order valence-electron chi connectivity index (χ2n) is 9.50. The number of nitrogens with one attached hydrogen (secondary N) is 4. The number of hydrogen-bond donors (Lipinski definition) is 5. The van der Waals surface area contributed by atoms with Gasteiger partial charge in [-0.1, -0.05) is 11.6 Å². The first kappa shape index (κ1) is 32.0. The number of halogens is 1. The first-order valence-corrected chi connectivity index (χ1v) is 15.1. The number of ether oxygens (including phenoxy) is 3. The maximum Gasteiger partial charge on any atom is 0.369 e. The van der Waals surface area contributed by atoms with Gasteiger partial charge in [-0.2, -0.15) is 0 Å². The highest BCUT2D eigenvalue weighted by Crippen LogP contribution is 2.40. The lowest BCUT2D eigenvalue weighted by Gasteiger charge is -2.23. The van der Waals surface area contributed by atoms with Gasteiger partial charge in [0.1, 0.15) is 23.3 Å². The van der Waals surface area contributed by atoms with E-state index in [1.165, 1.54) is 45.5 Å². The zero-order valence-corrected chi connectivity index (χ0v) is 25.2. The number of carbonyl (C=O) groups is 3. The number of carboxylic acids is 1. The van der Waals surface area contributed by atoms with Crippen LogP contribution in [0.25, 0.3) is 10.9 Å². The normalized spacial score (nSPS) is 14.8. The highest BCUT2D eigenvalue weighted by molar-refractivity contribution is 7.55. The summed E-state index contributed by atoms with van der Waals surface area (Å²) in [4.78, 5) is 41.2. The number of methoxy groups -OCH3 is 2. The van der Waals surface area contributed by atoms with Crippen molar-refractivity contribution < 1.29 is 42.8 Å². The number of aliphatic carboxylic acids is 1. The molecule has 1 aliphatic carbocycles. The lowest BCUT2D eigenvalue weighted by molar-refractivity contribution is -0.138. The molecule has 3 aromatic rings. The van der Waals surface area contributed by atoms with E-state index in [0.717, 1.165) is 12.8 Å². The summed E-state index contributed by atoms with van der Waals surface area (Å²) in [5, 5.41) is 20.0. The second-order valence-corrected chi connectivity index (χ2v) is 11.8. The summed E-state index contributed by atoms with van der Waals surface area (Å²) in [6.45, 7) is 1.11. The van der Waals surface area contributed by atoms with E-state index < -0.39 is 25.6 Å². The molecule has 230 valence electrons. The maximum atomic E-state index is 13.4. The van der Waals surface area contributed by atoms with Crippen LogP contribution >= 0.6 is 19.3 Å². The predicted molar refractivity (Wildman–Crippen MR) is 158 cm³/mol. The number of fused-ring (bicyclic) bond motifs is 1. The minimum Gasteiger partial charge on any atom is -0.496 e. The van der Waals surface area contributed by atoms with Gasteiger partial charge in [0.15, 0.2) is 0 Å². The minimum absolute atomic E-state index is 0.0450. The molecule has 3 amide bonds. The van der Waals surface area contributed by atoms with Crippen molar-refractivity contribution in [2.24, 2.45) is 0 Å². The molecule has 0 aliphatic heterocycles. The minimum atomic E-state index is -4.23. The molecule has 0 spiro atoms. The molecule has 2 aromatic carbocycles. The molecule has 2 atom stereocenters. The van der Waals surface area contributed by atoms with Crippen LogP contribution in [0.2, 0.25) is 5.02 Å². The van der Waals surface area contributed by atoms with Crippen molar-refractivity contribution in [2.75, 3.05) is 32.8 Å². The standard InChI is InChI=1S/C27H31ClN5O9P/c1-15(26(35)36)32-43(38,41-11-10-39-2)33-25(34)19-13-18-22(14-24(19)40-3)29-9-8-23(18)42-17-6-7-21(20(28)12-17)31-27(37)30-16-4-5-16/h6-9,12-16H,4-5,10-11H2,1-3H3,(H,35,36)(H2,30,31,37)(H2,32,33,34,38)/t15-,43?/m0/s1. The Labute approximate surface area is 251 Å². The zero-order valence-electron chi connectivity index (χ0n) is 23.5. The van der Waals surface area contributed by atoms with E-state index in [9.17, 15) is 24.1 Å². The third-order valence-corrected chi connectivity index (χ3v) is 8.22. The Morgan fingerprint density at radius 2 is 1.88 bits per heavy atom. The Morgan fingerprint density at radius 3 is 2.53 bits per heavy atom. The van der Waals surface area contributed by atoms with Crippen LogP contribution in [0.4, 0.5) is 10.5 Å². The molecule has 5 N–H and O–H groups in total. The molecule has 1 heterocycles. The van der Waals surface area contributed by atoms with Crippen molar-refractivity contribution in [3.8, 4) is 17.2 Å². The Hall–Kier alpha value is -3.94. The molecular formula is C27H31ClN5O9P. The number of anilines is 1. The number of pyridine rings is 1. The number of amides is 3. The number of carboxylic acid groups (broad SMARTS) is 1. The van der Waals surface area contributed by atoms with E-state index >= 15 is 0 Å². The fourth-order valence-electron chi connectivity index (χ4n) is 3.80. The molecule has 1 unspecified atom stereocenters. The van der Waals surface area contributed by atoms with E-state index in [2.05, 4.69) is 25.8 Å². The van der Waals surface area contributed by atoms with E-state index in [-0.39, 0.29) is 41.6 Å². The molecule has 0 bridgehead atoms. The summed E-state index contributed by atoms with van der Waals surface area (Å²) in [5.41, 5.74) is 0.773. The summed E-state index contributed by atoms with van der Waals surface area (Å²) in [7, 11) is -1.47. The number of urea groups is 1. The average Bonchev–Trinajstić information content (AvgIpc) is 3.77. The SMILES string of the molecule is COCCOP(=O)(NC(=O)c1cc2c(Oc3ccc(NC(=O)NC4CC4)c(Cl)c3)ccnc2cc1OC)N[C@@H](C)C(=O)O. The summed E-state index contributed by atoms with van der Waals surface area (Å²) in [6.07, 6.45) is 3.41. The van der Waals surface area contributed by atoms with Crippen LogP contribution in [0.3, 0.4) is 0 Å². The molecule has 16 heteroatoms. The van der Waals surface area contributed by atoms with E-state index in [0.29, 0.717) is 28.1 Å². The quantitative estimate of drug-likeness (QED) is 0.124. The van der Waals surface area contributed by atoms with Gasteiger partial charge in [-0.05, 0) is 44.0 Å². The van der Waals surface area contributed by atoms with Gasteiger partial charge in [0.25, 0.3) is 5.91 Å². The third kappa shape index (κ3) is 8.55. The molecule has 0 saturated heterocycles. The zero-order chi connectivity index (χ0) is 31.1. The van der Waals surface area contributed by atoms with Crippen molar-refractivity contribution in [1.82, 2.24) is 20.5 Å². The van der Waals surface area contributed by atoms with Gasteiger partial charge in [-0.3, -0.25) is 24.2 Å². The molecule has 1 saturated carbocycles. The molecule has 43 heavy (non-hydrogen) atoms. The number of nitrogens with zero attached hydrogens (tertiary/aromatic N) is 1. The molecular weight excluding hydrogens is 605 g/mol. The highest BCUT2D eigenvalue weighted by atomic mass is 35.5. The van der Waals surface area contributed by atoms with E-state index in [4.69, 9.17) is 30.3 Å². The van der Waals surface area contributed by atoms with E-state index in [1.54, 1.807) is 18.2 Å². The Morgan fingerprint density at radius 1 is 1.12 bits per heavy atom. The second kappa shape index (κ2) is 14.0. The number of benzene rings is 2. The van der Waals surface area contributed by atoms with Gasteiger partial charge < -0.3 is 30.0 Å². The van der Waals surface area contributed by atoms with Crippen LogP contribution in [0.5, 0.6) is 17.2 Å². The van der Waals surface area contributed by atoms with Gasteiger partial charge in [0.2, 0.25) is 0 Å². The van der Waals surface area contributed by atoms with Crippen molar-refractivity contribution >= 4 is 53.8 Å². The maximum absolute atomic E-state index is 13.4. The third-order valence-electron chi connectivity index (χ3n) is 6.14. The molecule has 1 aromatic heterocycles. The average molecular weight is 636 g/mol. The fourth-order valence-corrected chi connectivity index (χ4v) is 5.56. The Balaban J connectivity index is 1.60. The smallest absolute Gasteiger partial charge is 0.369 e. The van der Waals surface area contributed by atoms with Crippen LogP contribution in [-0.2, 0) is 18.6 Å². The lowest BCUT2D eigenvalue weighted by Crippen LogP contribution is -2.38.